The summed E-state index contributed by atoms with van der Waals surface area (Å²) in [5.41, 5.74) is 1.13. The maximum atomic E-state index is 13.4. The van der Waals surface area contributed by atoms with Crippen LogP contribution < -0.4 is 0 Å². The number of carbonyl (C=O) groups excluding carboxylic acids is 2. The van der Waals surface area contributed by atoms with E-state index < -0.39 is 0 Å². The molecule has 1 atom stereocenters. The lowest BCUT2D eigenvalue weighted by atomic mass is 9.95. The van der Waals surface area contributed by atoms with Gasteiger partial charge in [-0.1, -0.05) is 0 Å². The molecular formula is C19H22FN3O3. The molecule has 2 aliphatic heterocycles. The second kappa shape index (κ2) is 7.07. The van der Waals surface area contributed by atoms with Gasteiger partial charge in [0.2, 0.25) is 5.91 Å². The first-order valence-electron chi connectivity index (χ1n) is 9.06. The SMILES string of the molecule is O=C(c1c[nH]c2cc(F)ccc12)N1CCCC(C(=O)N2CCOCC2)C1. The van der Waals surface area contributed by atoms with Gasteiger partial charge in [-0.2, -0.15) is 0 Å². The van der Waals surface area contributed by atoms with Crippen LogP contribution in [0.2, 0.25) is 0 Å². The molecule has 1 unspecified atom stereocenters. The normalized spacial score (nSPS) is 21.2. The van der Waals surface area contributed by atoms with Crippen LogP contribution in [0.15, 0.2) is 24.4 Å². The number of hydrogen-bond acceptors (Lipinski definition) is 3. The molecule has 0 saturated carbocycles. The highest BCUT2D eigenvalue weighted by Gasteiger charge is 2.32. The fraction of sp³-hybridized carbons (Fsp3) is 0.474. The van der Waals surface area contributed by atoms with Crippen molar-refractivity contribution in [1.29, 1.82) is 0 Å². The zero-order valence-corrected chi connectivity index (χ0v) is 14.5. The largest absolute Gasteiger partial charge is 0.378 e. The van der Waals surface area contributed by atoms with Gasteiger partial charge in [0.05, 0.1) is 24.7 Å². The minimum atomic E-state index is -0.340. The van der Waals surface area contributed by atoms with Crippen LogP contribution >= 0.6 is 0 Å². The van der Waals surface area contributed by atoms with Gasteiger partial charge in [0.1, 0.15) is 5.82 Å². The van der Waals surface area contributed by atoms with Gasteiger partial charge < -0.3 is 19.5 Å². The van der Waals surface area contributed by atoms with Gasteiger partial charge in [0, 0.05) is 43.3 Å². The van der Waals surface area contributed by atoms with Crippen molar-refractivity contribution in [3.05, 3.63) is 35.8 Å². The maximum Gasteiger partial charge on any atom is 0.256 e. The van der Waals surface area contributed by atoms with Crippen LogP contribution in [0.4, 0.5) is 4.39 Å². The van der Waals surface area contributed by atoms with Crippen LogP contribution in [0.1, 0.15) is 23.2 Å². The molecule has 0 aliphatic carbocycles. The number of H-pyrrole nitrogens is 1. The van der Waals surface area contributed by atoms with E-state index in [0.29, 0.717) is 55.9 Å². The summed E-state index contributed by atoms with van der Waals surface area (Å²) in [5.74, 6) is -0.491. The Bertz CT molecular complexity index is 829. The van der Waals surface area contributed by atoms with E-state index in [4.69, 9.17) is 4.74 Å². The number of hydrogen-bond donors (Lipinski definition) is 1. The Morgan fingerprint density at radius 2 is 1.96 bits per heavy atom. The molecule has 0 bridgehead atoms. The molecule has 2 saturated heterocycles. The summed E-state index contributed by atoms with van der Waals surface area (Å²) in [4.78, 5) is 32.3. The first-order valence-corrected chi connectivity index (χ1v) is 9.06. The van der Waals surface area contributed by atoms with E-state index in [2.05, 4.69) is 4.98 Å². The molecule has 0 radical (unpaired) electrons. The van der Waals surface area contributed by atoms with Crippen molar-refractivity contribution in [3.8, 4) is 0 Å². The number of halogens is 1. The number of aromatic nitrogens is 1. The van der Waals surface area contributed by atoms with E-state index in [-0.39, 0.29) is 23.5 Å². The number of aromatic amines is 1. The lowest BCUT2D eigenvalue weighted by Gasteiger charge is -2.36. The van der Waals surface area contributed by atoms with Gasteiger partial charge in [0.25, 0.3) is 5.91 Å². The maximum absolute atomic E-state index is 13.4. The number of nitrogens with zero attached hydrogens (tertiary/aromatic N) is 2. The Hall–Kier alpha value is -2.41. The summed E-state index contributed by atoms with van der Waals surface area (Å²) in [5, 5.41) is 0.707. The summed E-state index contributed by atoms with van der Waals surface area (Å²) >= 11 is 0. The van der Waals surface area contributed by atoms with Gasteiger partial charge in [-0.3, -0.25) is 9.59 Å². The van der Waals surface area contributed by atoms with E-state index in [1.54, 1.807) is 17.2 Å². The van der Waals surface area contributed by atoms with Crippen molar-refractivity contribution in [2.24, 2.45) is 5.92 Å². The number of carbonyl (C=O) groups is 2. The zero-order valence-electron chi connectivity index (χ0n) is 14.5. The van der Waals surface area contributed by atoms with Gasteiger partial charge in [-0.05, 0) is 31.0 Å². The number of nitrogens with one attached hydrogen (secondary N) is 1. The van der Waals surface area contributed by atoms with Crippen LogP contribution in [-0.2, 0) is 9.53 Å². The summed E-state index contributed by atoms with van der Waals surface area (Å²) in [7, 11) is 0. The van der Waals surface area contributed by atoms with E-state index in [1.807, 2.05) is 4.90 Å². The van der Waals surface area contributed by atoms with E-state index in [0.717, 1.165) is 12.8 Å². The molecule has 3 heterocycles. The van der Waals surface area contributed by atoms with Crippen LogP contribution in [0, 0.1) is 11.7 Å². The molecule has 7 heteroatoms. The molecule has 1 aromatic carbocycles. The Morgan fingerprint density at radius 3 is 2.77 bits per heavy atom. The second-order valence-corrected chi connectivity index (χ2v) is 6.92. The fourth-order valence-electron chi connectivity index (χ4n) is 3.85. The summed E-state index contributed by atoms with van der Waals surface area (Å²) in [6.45, 7) is 3.47. The van der Waals surface area contributed by atoms with Gasteiger partial charge in [-0.25, -0.2) is 4.39 Å². The third-order valence-corrected chi connectivity index (χ3v) is 5.25. The molecule has 4 rings (SSSR count). The summed E-state index contributed by atoms with van der Waals surface area (Å²) < 4.78 is 18.7. The van der Waals surface area contributed by atoms with E-state index in [1.165, 1.54) is 12.1 Å². The number of morpholine rings is 1. The van der Waals surface area contributed by atoms with Crippen molar-refractivity contribution in [1.82, 2.24) is 14.8 Å². The number of likely N-dealkylation sites (tertiary alicyclic amines) is 1. The Morgan fingerprint density at radius 1 is 1.15 bits per heavy atom. The molecule has 2 aliphatic rings. The number of fused-ring (bicyclic) bond motifs is 1. The highest BCUT2D eigenvalue weighted by molar-refractivity contribution is 6.06. The van der Waals surface area contributed by atoms with Crippen molar-refractivity contribution < 1.29 is 18.7 Å². The van der Waals surface area contributed by atoms with Crippen molar-refractivity contribution in [3.63, 3.8) is 0 Å². The number of ether oxygens (including phenoxy) is 1. The van der Waals surface area contributed by atoms with Crippen LogP contribution in [-0.4, -0.2) is 66.0 Å². The topological polar surface area (TPSA) is 65.6 Å². The minimum absolute atomic E-state index is 0.109. The van der Waals surface area contributed by atoms with Crippen LogP contribution in [0.3, 0.4) is 0 Å². The highest BCUT2D eigenvalue weighted by atomic mass is 19.1. The number of benzene rings is 1. The van der Waals surface area contributed by atoms with E-state index >= 15 is 0 Å². The lowest BCUT2D eigenvalue weighted by Crippen LogP contribution is -2.49. The zero-order chi connectivity index (χ0) is 18.1. The molecular weight excluding hydrogens is 337 g/mol. The molecule has 138 valence electrons. The Labute approximate surface area is 150 Å². The molecule has 26 heavy (non-hydrogen) atoms. The number of rotatable bonds is 2. The number of amides is 2. The average molecular weight is 359 g/mol. The molecule has 2 aromatic rings. The summed E-state index contributed by atoms with van der Waals surface area (Å²) in [6.07, 6.45) is 3.24. The Balaban J connectivity index is 1.49. The van der Waals surface area contributed by atoms with Gasteiger partial charge in [0.15, 0.2) is 0 Å². The smallest absolute Gasteiger partial charge is 0.256 e. The third kappa shape index (κ3) is 3.19. The monoisotopic (exact) mass is 359 g/mol. The molecule has 1 aromatic heterocycles. The lowest BCUT2D eigenvalue weighted by molar-refractivity contribution is -0.141. The standard InChI is InChI=1S/C19H22FN3O3/c20-14-3-4-15-16(11-21-17(15)10-14)19(25)23-5-1-2-13(12-23)18(24)22-6-8-26-9-7-22/h3-4,10-11,13,21H,1-2,5-9,12H2. The van der Waals surface area contributed by atoms with E-state index in [9.17, 15) is 14.0 Å². The second-order valence-electron chi connectivity index (χ2n) is 6.92. The van der Waals surface area contributed by atoms with Crippen molar-refractivity contribution >= 4 is 22.7 Å². The van der Waals surface area contributed by atoms with Gasteiger partial charge >= 0.3 is 0 Å². The number of piperidine rings is 1. The average Bonchev–Trinajstić information content (AvgIpc) is 3.10. The molecule has 0 spiro atoms. The first-order chi connectivity index (χ1) is 12.6. The minimum Gasteiger partial charge on any atom is -0.378 e. The molecule has 1 N–H and O–H groups in total. The third-order valence-electron chi connectivity index (χ3n) is 5.25. The predicted molar refractivity (Wildman–Crippen MR) is 94.3 cm³/mol. The predicted octanol–water partition coefficient (Wildman–Crippen LogP) is 2.02. The highest BCUT2D eigenvalue weighted by Crippen LogP contribution is 2.25. The fourth-order valence-corrected chi connectivity index (χ4v) is 3.85. The molecule has 6 nitrogen and oxygen atoms in total. The quantitative estimate of drug-likeness (QED) is 0.892. The first kappa shape index (κ1) is 17.0. The molecule has 2 amide bonds. The van der Waals surface area contributed by atoms with Crippen molar-refractivity contribution in [2.45, 2.75) is 12.8 Å². The van der Waals surface area contributed by atoms with Crippen LogP contribution in [0.25, 0.3) is 10.9 Å². The Kier molecular flexibility index (Phi) is 4.63. The summed E-state index contributed by atoms with van der Waals surface area (Å²) in [6, 6.07) is 4.36. The molecule has 2 fully saturated rings. The van der Waals surface area contributed by atoms with Crippen molar-refractivity contribution in [2.75, 3.05) is 39.4 Å². The van der Waals surface area contributed by atoms with Crippen LogP contribution in [0.5, 0.6) is 0 Å². The van der Waals surface area contributed by atoms with Gasteiger partial charge in [-0.15, -0.1) is 0 Å².